The fraction of sp³-hybridized carbons (Fsp3) is 0.500. The summed E-state index contributed by atoms with van der Waals surface area (Å²) in [6, 6.07) is 1.95. The Bertz CT molecular complexity index is 954. The molecule has 0 radical (unpaired) electrons. The second-order valence-electron chi connectivity index (χ2n) is 7.89. The first-order chi connectivity index (χ1) is 12.9. The Morgan fingerprint density at radius 1 is 1.37 bits per heavy atom. The highest BCUT2D eigenvalue weighted by Gasteiger charge is 2.34. The van der Waals surface area contributed by atoms with Gasteiger partial charge in [0.05, 0.1) is 23.7 Å². The van der Waals surface area contributed by atoms with E-state index in [1.165, 1.54) is 6.20 Å². The largest absolute Gasteiger partial charge is 0.492 e. The standard InChI is InChI=1S/C20H25N3O4/c1-10-5-12(21)9-23(8-10)17-13(11-3-4-11)6-14-16(19(17)27-2)22-7-15(18(14)24)20(25)26/h6-7,10-12H,3-5,8-9,21H2,1-2H3,(H,22,24)(H,25,26)/t10-,12+/m1/s1. The number of hydrogen-bond donors (Lipinski definition) is 3. The number of methoxy groups -OCH3 is 1. The predicted molar refractivity (Wildman–Crippen MR) is 104 cm³/mol. The first-order valence-electron chi connectivity index (χ1n) is 9.40. The lowest BCUT2D eigenvalue weighted by atomic mass is 9.93. The molecule has 1 saturated carbocycles. The number of nitrogens with two attached hydrogens (primary N) is 1. The molecule has 2 heterocycles. The van der Waals surface area contributed by atoms with Crippen LogP contribution in [-0.2, 0) is 0 Å². The van der Waals surface area contributed by atoms with Gasteiger partial charge in [-0.2, -0.15) is 0 Å². The quantitative estimate of drug-likeness (QED) is 0.761. The van der Waals surface area contributed by atoms with Crippen molar-refractivity contribution >= 4 is 22.6 Å². The summed E-state index contributed by atoms with van der Waals surface area (Å²) in [4.78, 5) is 29.4. The molecule has 0 unspecified atom stereocenters. The third-order valence-corrected chi connectivity index (χ3v) is 5.59. The molecule has 0 bridgehead atoms. The lowest BCUT2D eigenvalue weighted by molar-refractivity contribution is 0.0695. The number of benzene rings is 1. The zero-order chi connectivity index (χ0) is 19.3. The summed E-state index contributed by atoms with van der Waals surface area (Å²) in [6.45, 7) is 3.81. The van der Waals surface area contributed by atoms with Gasteiger partial charge in [-0.15, -0.1) is 0 Å². The second-order valence-corrected chi connectivity index (χ2v) is 7.89. The number of ether oxygens (including phenoxy) is 1. The van der Waals surface area contributed by atoms with Gasteiger partial charge in [-0.25, -0.2) is 4.79 Å². The first kappa shape index (κ1) is 17.9. The van der Waals surface area contributed by atoms with Crippen LogP contribution in [-0.4, -0.2) is 42.3 Å². The van der Waals surface area contributed by atoms with Crippen LogP contribution in [0.5, 0.6) is 5.75 Å². The van der Waals surface area contributed by atoms with E-state index in [2.05, 4.69) is 16.8 Å². The molecule has 4 rings (SSSR count). The van der Waals surface area contributed by atoms with Crippen LogP contribution in [0.15, 0.2) is 17.1 Å². The van der Waals surface area contributed by atoms with Gasteiger partial charge in [0, 0.05) is 25.3 Å². The van der Waals surface area contributed by atoms with E-state index >= 15 is 0 Å². The number of nitrogens with zero attached hydrogens (tertiary/aromatic N) is 1. The fourth-order valence-electron chi connectivity index (χ4n) is 4.32. The number of fused-ring (bicyclic) bond motifs is 1. The molecule has 2 aliphatic rings. The van der Waals surface area contributed by atoms with Crippen molar-refractivity contribution in [1.29, 1.82) is 0 Å². The van der Waals surface area contributed by atoms with Crippen molar-refractivity contribution in [1.82, 2.24) is 4.98 Å². The zero-order valence-electron chi connectivity index (χ0n) is 15.6. The molecule has 0 spiro atoms. The summed E-state index contributed by atoms with van der Waals surface area (Å²) in [5.41, 5.74) is 8.13. The number of carboxylic acid groups (broad SMARTS) is 1. The molecule has 2 aromatic rings. The van der Waals surface area contributed by atoms with Gasteiger partial charge in [0.25, 0.3) is 0 Å². The van der Waals surface area contributed by atoms with Crippen LogP contribution in [0.25, 0.3) is 10.9 Å². The number of aromatic amines is 1. The molecule has 1 aromatic carbocycles. The average molecular weight is 371 g/mol. The van der Waals surface area contributed by atoms with Gasteiger partial charge in [-0.1, -0.05) is 6.92 Å². The number of piperidine rings is 1. The Labute approximate surface area is 157 Å². The number of rotatable bonds is 4. The molecule has 1 saturated heterocycles. The fourth-order valence-corrected chi connectivity index (χ4v) is 4.32. The van der Waals surface area contributed by atoms with Crippen molar-refractivity contribution < 1.29 is 14.6 Å². The Morgan fingerprint density at radius 3 is 2.70 bits per heavy atom. The third-order valence-electron chi connectivity index (χ3n) is 5.59. The molecule has 27 heavy (non-hydrogen) atoms. The van der Waals surface area contributed by atoms with E-state index in [0.717, 1.165) is 43.6 Å². The number of nitrogens with one attached hydrogen (secondary N) is 1. The van der Waals surface area contributed by atoms with E-state index in [9.17, 15) is 14.7 Å². The Kier molecular flexibility index (Phi) is 4.34. The van der Waals surface area contributed by atoms with Crippen molar-refractivity contribution in [2.24, 2.45) is 11.7 Å². The number of carbonyl (C=O) groups is 1. The SMILES string of the molecule is COc1c(N2C[C@H](C)C[C@H](N)C2)c(C2CC2)cc2c(=O)c(C(=O)O)c[nH]c12. The Morgan fingerprint density at radius 2 is 2.11 bits per heavy atom. The van der Waals surface area contributed by atoms with Crippen LogP contribution < -0.4 is 20.8 Å². The number of hydrogen-bond acceptors (Lipinski definition) is 5. The average Bonchev–Trinajstić information content (AvgIpc) is 3.44. The predicted octanol–water partition coefficient (Wildman–Crippen LogP) is 2.29. The summed E-state index contributed by atoms with van der Waals surface area (Å²) in [5, 5.41) is 9.65. The van der Waals surface area contributed by atoms with E-state index in [0.29, 0.717) is 28.5 Å². The highest BCUT2D eigenvalue weighted by molar-refractivity contribution is 5.97. The van der Waals surface area contributed by atoms with Gasteiger partial charge in [-0.05, 0) is 42.7 Å². The van der Waals surface area contributed by atoms with Crippen molar-refractivity contribution in [3.63, 3.8) is 0 Å². The molecule has 0 amide bonds. The van der Waals surface area contributed by atoms with Crippen LogP contribution in [0.3, 0.4) is 0 Å². The van der Waals surface area contributed by atoms with Gasteiger partial charge in [0.1, 0.15) is 5.56 Å². The molecule has 144 valence electrons. The first-order valence-corrected chi connectivity index (χ1v) is 9.40. The van der Waals surface area contributed by atoms with Crippen LogP contribution in [0, 0.1) is 5.92 Å². The van der Waals surface area contributed by atoms with Crippen molar-refractivity contribution in [2.45, 2.75) is 38.1 Å². The van der Waals surface area contributed by atoms with E-state index in [1.807, 2.05) is 6.07 Å². The molecule has 1 aliphatic carbocycles. The summed E-state index contributed by atoms with van der Waals surface area (Å²) in [6.07, 6.45) is 4.37. The molecule has 7 heteroatoms. The maximum atomic E-state index is 12.7. The zero-order valence-corrected chi connectivity index (χ0v) is 15.6. The van der Waals surface area contributed by atoms with E-state index < -0.39 is 11.4 Å². The molecule has 4 N–H and O–H groups in total. The van der Waals surface area contributed by atoms with Gasteiger partial charge in [0.15, 0.2) is 5.75 Å². The van der Waals surface area contributed by atoms with Crippen LogP contribution in [0.4, 0.5) is 5.69 Å². The summed E-state index contributed by atoms with van der Waals surface area (Å²) < 4.78 is 5.76. The van der Waals surface area contributed by atoms with Gasteiger partial charge < -0.3 is 25.5 Å². The molecule has 1 aliphatic heterocycles. The smallest absolute Gasteiger partial charge is 0.341 e. The van der Waals surface area contributed by atoms with Gasteiger partial charge in [-0.3, -0.25) is 4.79 Å². The third kappa shape index (κ3) is 3.06. The van der Waals surface area contributed by atoms with Crippen LogP contribution in [0.1, 0.15) is 48.0 Å². The van der Waals surface area contributed by atoms with Crippen molar-refractivity contribution in [3.05, 3.63) is 33.6 Å². The monoisotopic (exact) mass is 371 g/mol. The number of carboxylic acids is 1. The lowest BCUT2D eigenvalue weighted by Gasteiger charge is -2.38. The normalized spacial score (nSPS) is 22.9. The van der Waals surface area contributed by atoms with Gasteiger partial charge >= 0.3 is 5.97 Å². The maximum Gasteiger partial charge on any atom is 0.341 e. The van der Waals surface area contributed by atoms with E-state index in [1.54, 1.807) is 7.11 Å². The number of aromatic nitrogens is 1. The van der Waals surface area contributed by atoms with Crippen molar-refractivity contribution in [3.8, 4) is 5.75 Å². The molecule has 7 nitrogen and oxygen atoms in total. The van der Waals surface area contributed by atoms with Crippen LogP contribution >= 0.6 is 0 Å². The maximum absolute atomic E-state index is 12.7. The molecular weight excluding hydrogens is 346 g/mol. The second kappa shape index (κ2) is 6.56. The minimum atomic E-state index is -1.23. The topological polar surface area (TPSA) is 109 Å². The number of H-pyrrole nitrogens is 1. The number of aromatic carboxylic acids is 1. The number of pyridine rings is 1. The molecule has 2 fully saturated rings. The molecule has 2 atom stereocenters. The van der Waals surface area contributed by atoms with Crippen molar-refractivity contribution in [2.75, 3.05) is 25.1 Å². The highest BCUT2D eigenvalue weighted by atomic mass is 16.5. The van der Waals surface area contributed by atoms with Crippen LogP contribution in [0.2, 0.25) is 0 Å². The minimum absolute atomic E-state index is 0.0923. The highest BCUT2D eigenvalue weighted by Crippen LogP contribution is 2.50. The summed E-state index contributed by atoms with van der Waals surface area (Å²) >= 11 is 0. The molecular formula is C20H25N3O4. The van der Waals surface area contributed by atoms with E-state index in [4.69, 9.17) is 10.5 Å². The number of anilines is 1. The minimum Gasteiger partial charge on any atom is -0.492 e. The Hall–Kier alpha value is -2.54. The van der Waals surface area contributed by atoms with E-state index in [-0.39, 0.29) is 11.6 Å². The lowest BCUT2D eigenvalue weighted by Crippen LogP contribution is -2.46. The summed E-state index contributed by atoms with van der Waals surface area (Å²) in [5.74, 6) is 0.212. The Balaban J connectivity index is 1.98. The molecule has 1 aromatic heterocycles. The summed E-state index contributed by atoms with van der Waals surface area (Å²) in [7, 11) is 1.59. The van der Waals surface area contributed by atoms with Gasteiger partial charge in [0.2, 0.25) is 5.43 Å².